The van der Waals surface area contributed by atoms with E-state index in [1.54, 1.807) is 23.7 Å². The number of thiophene rings is 1. The normalized spacial score (nSPS) is 10.7. The van der Waals surface area contributed by atoms with Crippen molar-refractivity contribution in [2.45, 2.75) is 20.4 Å². The van der Waals surface area contributed by atoms with E-state index in [2.05, 4.69) is 35.1 Å². The van der Waals surface area contributed by atoms with Gasteiger partial charge in [-0.3, -0.25) is 4.98 Å². The van der Waals surface area contributed by atoms with Crippen molar-refractivity contribution in [1.29, 1.82) is 0 Å². The summed E-state index contributed by atoms with van der Waals surface area (Å²) in [5.41, 5.74) is 0.719. The summed E-state index contributed by atoms with van der Waals surface area (Å²) in [6.07, 6.45) is 3.35. The predicted octanol–water partition coefficient (Wildman–Crippen LogP) is 3.52. The van der Waals surface area contributed by atoms with E-state index in [0.29, 0.717) is 13.1 Å². The first-order chi connectivity index (χ1) is 11.2. The zero-order valence-electron chi connectivity index (χ0n) is 13.7. The van der Waals surface area contributed by atoms with Crippen molar-refractivity contribution in [3.63, 3.8) is 0 Å². The van der Waals surface area contributed by atoms with Crippen molar-refractivity contribution in [1.82, 2.24) is 14.8 Å². The molecule has 1 N–H and O–H groups in total. The molecule has 2 heterocycles. The molecule has 0 bridgehead atoms. The van der Waals surface area contributed by atoms with Crippen LogP contribution >= 0.6 is 11.3 Å². The number of nitrogens with zero attached hydrogens (tertiary/aromatic N) is 3. The molecule has 0 aliphatic carbocycles. The zero-order valence-corrected chi connectivity index (χ0v) is 14.6. The SMILES string of the molecule is CCN(CC)CCN(Cc1cccs1)C(=O)Nc1cccnc1. The number of rotatable bonds is 8. The van der Waals surface area contributed by atoms with Crippen LogP contribution in [0.1, 0.15) is 18.7 Å². The van der Waals surface area contributed by atoms with Crippen LogP contribution in [-0.2, 0) is 6.54 Å². The third-order valence-corrected chi connectivity index (χ3v) is 4.57. The first-order valence-corrected chi connectivity index (χ1v) is 8.81. The van der Waals surface area contributed by atoms with Crippen LogP contribution < -0.4 is 5.32 Å². The van der Waals surface area contributed by atoms with E-state index >= 15 is 0 Å². The standard InChI is InChI=1S/C17H24N4OS/c1-3-20(4-2)10-11-21(14-16-8-6-12-23-16)17(22)19-15-7-5-9-18-13-15/h5-9,12-13H,3-4,10-11,14H2,1-2H3,(H,19,22). The highest BCUT2D eigenvalue weighted by Gasteiger charge is 2.15. The van der Waals surface area contributed by atoms with E-state index in [-0.39, 0.29) is 6.03 Å². The van der Waals surface area contributed by atoms with Gasteiger partial charge >= 0.3 is 6.03 Å². The molecule has 2 amide bonds. The molecule has 0 aromatic carbocycles. The fourth-order valence-electron chi connectivity index (χ4n) is 2.28. The van der Waals surface area contributed by atoms with Gasteiger partial charge in [0.2, 0.25) is 0 Å². The Hall–Kier alpha value is -1.92. The molecule has 6 heteroatoms. The Balaban J connectivity index is 2.00. The molecule has 0 fully saturated rings. The maximum atomic E-state index is 12.6. The number of aromatic nitrogens is 1. The highest BCUT2D eigenvalue weighted by Crippen LogP contribution is 2.13. The molecule has 0 saturated heterocycles. The minimum Gasteiger partial charge on any atom is -0.318 e. The second kappa shape index (κ2) is 9.27. The Morgan fingerprint density at radius 1 is 1.22 bits per heavy atom. The first-order valence-electron chi connectivity index (χ1n) is 7.93. The van der Waals surface area contributed by atoms with E-state index in [1.807, 2.05) is 28.5 Å². The van der Waals surface area contributed by atoms with E-state index in [4.69, 9.17) is 0 Å². The van der Waals surface area contributed by atoms with Gasteiger partial charge in [0.25, 0.3) is 0 Å². The van der Waals surface area contributed by atoms with Crippen LogP contribution in [0, 0.1) is 0 Å². The number of urea groups is 1. The molecule has 2 rings (SSSR count). The molecule has 2 aromatic rings. The van der Waals surface area contributed by atoms with Crippen LogP contribution in [-0.4, -0.2) is 47.0 Å². The first kappa shape index (κ1) is 17.4. The number of carbonyl (C=O) groups is 1. The number of hydrogen-bond acceptors (Lipinski definition) is 4. The third kappa shape index (κ3) is 5.65. The monoisotopic (exact) mass is 332 g/mol. The van der Waals surface area contributed by atoms with Crippen molar-refractivity contribution in [3.8, 4) is 0 Å². The van der Waals surface area contributed by atoms with Gasteiger partial charge < -0.3 is 15.1 Å². The third-order valence-electron chi connectivity index (χ3n) is 3.71. The largest absolute Gasteiger partial charge is 0.322 e. The van der Waals surface area contributed by atoms with Gasteiger partial charge in [-0.2, -0.15) is 0 Å². The Morgan fingerprint density at radius 3 is 2.65 bits per heavy atom. The molecule has 0 aliphatic rings. The molecule has 0 spiro atoms. The van der Waals surface area contributed by atoms with Crippen LogP contribution in [0.5, 0.6) is 0 Å². The number of pyridine rings is 1. The van der Waals surface area contributed by atoms with E-state index in [0.717, 1.165) is 25.3 Å². The van der Waals surface area contributed by atoms with Crippen LogP contribution in [0.3, 0.4) is 0 Å². The summed E-state index contributed by atoms with van der Waals surface area (Å²) in [6.45, 7) is 8.47. The Labute approximate surface area is 141 Å². The van der Waals surface area contributed by atoms with Crippen molar-refractivity contribution in [3.05, 3.63) is 46.9 Å². The summed E-state index contributed by atoms with van der Waals surface area (Å²) in [6, 6.07) is 7.65. The lowest BCUT2D eigenvalue weighted by Gasteiger charge is -2.26. The second-order valence-corrected chi connectivity index (χ2v) is 6.23. The van der Waals surface area contributed by atoms with Crippen molar-refractivity contribution in [2.24, 2.45) is 0 Å². The summed E-state index contributed by atoms with van der Waals surface area (Å²) in [4.78, 5) is 22.0. The minimum atomic E-state index is -0.0847. The average Bonchev–Trinajstić information content (AvgIpc) is 3.08. The predicted molar refractivity (Wildman–Crippen MR) is 95.8 cm³/mol. The van der Waals surface area contributed by atoms with Crippen LogP contribution in [0.4, 0.5) is 10.5 Å². The summed E-state index contributed by atoms with van der Waals surface area (Å²) in [7, 11) is 0. The quantitative estimate of drug-likeness (QED) is 0.804. The summed E-state index contributed by atoms with van der Waals surface area (Å²) >= 11 is 1.67. The average molecular weight is 332 g/mol. The van der Waals surface area contributed by atoms with Gasteiger partial charge in [-0.05, 0) is 36.7 Å². The van der Waals surface area contributed by atoms with Gasteiger partial charge in [-0.15, -0.1) is 11.3 Å². The van der Waals surface area contributed by atoms with Gasteiger partial charge in [0.1, 0.15) is 0 Å². The van der Waals surface area contributed by atoms with Gasteiger partial charge in [-0.25, -0.2) is 4.79 Å². The number of hydrogen-bond donors (Lipinski definition) is 1. The number of nitrogens with one attached hydrogen (secondary N) is 1. The van der Waals surface area contributed by atoms with Gasteiger partial charge in [0.15, 0.2) is 0 Å². The van der Waals surface area contributed by atoms with Gasteiger partial charge in [-0.1, -0.05) is 19.9 Å². The van der Waals surface area contributed by atoms with Crippen LogP contribution in [0.15, 0.2) is 42.0 Å². The summed E-state index contributed by atoms with van der Waals surface area (Å²) in [5, 5.41) is 4.96. The lowest BCUT2D eigenvalue weighted by atomic mass is 10.3. The lowest BCUT2D eigenvalue weighted by Crippen LogP contribution is -2.40. The fourth-order valence-corrected chi connectivity index (χ4v) is 3.00. The molecule has 0 aliphatic heterocycles. The number of likely N-dealkylation sites (N-methyl/N-ethyl adjacent to an activating group) is 1. The van der Waals surface area contributed by atoms with E-state index < -0.39 is 0 Å². The molecule has 5 nitrogen and oxygen atoms in total. The molecule has 0 unspecified atom stereocenters. The van der Waals surface area contributed by atoms with Crippen molar-refractivity contribution in [2.75, 3.05) is 31.5 Å². The van der Waals surface area contributed by atoms with Crippen LogP contribution in [0.25, 0.3) is 0 Å². The molecule has 0 radical (unpaired) electrons. The highest BCUT2D eigenvalue weighted by molar-refractivity contribution is 7.09. The van der Waals surface area contributed by atoms with E-state index in [9.17, 15) is 4.79 Å². The summed E-state index contributed by atoms with van der Waals surface area (Å²) < 4.78 is 0. The Morgan fingerprint density at radius 2 is 2.04 bits per heavy atom. The van der Waals surface area contributed by atoms with Gasteiger partial charge in [0.05, 0.1) is 18.4 Å². The minimum absolute atomic E-state index is 0.0847. The Kier molecular flexibility index (Phi) is 7.03. The molecule has 124 valence electrons. The highest BCUT2D eigenvalue weighted by atomic mass is 32.1. The number of carbonyl (C=O) groups excluding carboxylic acids is 1. The van der Waals surface area contributed by atoms with E-state index in [1.165, 1.54) is 4.88 Å². The maximum absolute atomic E-state index is 12.6. The lowest BCUT2D eigenvalue weighted by molar-refractivity contribution is 0.195. The second-order valence-electron chi connectivity index (χ2n) is 5.20. The maximum Gasteiger partial charge on any atom is 0.322 e. The smallest absolute Gasteiger partial charge is 0.318 e. The fraction of sp³-hybridized carbons (Fsp3) is 0.412. The van der Waals surface area contributed by atoms with Crippen LogP contribution in [0.2, 0.25) is 0 Å². The summed E-state index contributed by atoms with van der Waals surface area (Å²) in [5.74, 6) is 0. The molecular formula is C17H24N4OS. The van der Waals surface area contributed by atoms with Crippen molar-refractivity contribution >= 4 is 23.1 Å². The Bertz CT molecular complexity index is 570. The molecule has 2 aromatic heterocycles. The molecule has 23 heavy (non-hydrogen) atoms. The molecule has 0 saturated carbocycles. The number of amides is 2. The molecule has 0 atom stereocenters. The number of anilines is 1. The molecular weight excluding hydrogens is 308 g/mol. The van der Waals surface area contributed by atoms with Crippen molar-refractivity contribution < 1.29 is 4.79 Å². The zero-order chi connectivity index (χ0) is 16.5. The van der Waals surface area contributed by atoms with Gasteiger partial charge in [0, 0.05) is 24.2 Å². The topological polar surface area (TPSA) is 48.5 Å².